The number of halogens is 1. The van der Waals surface area contributed by atoms with Gasteiger partial charge in [0, 0.05) is 37.6 Å². The summed E-state index contributed by atoms with van der Waals surface area (Å²) in [4.78, 5) is 29.7. The van der Waals surface area contributed by atoms with Crippen LogP contribution in [0.5, 0.6) is 0 Å². The van der Waals surface area contributed by atoms with Crippen LogP contribution in [0.15, 0.2) is 114 Å². The smallest absolute Gasteiger partial charge is 0.247 e. The monoisotopic (exact) mass is 629 g/mol. The van der Waals surface area contributed by atoms with Gasteiger partial charge in [0.1, 0.15) is 6.04 Å². The number of hydrogen-bond donors (Lipinski definition) is 1. The van der Waals surface area contributed by atoms with E-state index in [-0.39, 0.29) is 29.7 Å². The number of nitrogens with one attached hydrogen (secondary N) is 1. The first-order valence-corrected chi connectivity index (χ1v) is 16.6. The van der Waals surface area contributed by atoms with E-state index in [0.717, 1.165) is 29.5 Å². The van der Waals surface area contributed by atoms with Crippen LogP contribution in [-0.2, 0) is 39.1 Å². The molecule has 1 aliphatic heterocycles. The Bertz CT molecular complexity index is 1640. The second-order valence-electron chi connectivity index (χ2n) is 10.9. The van der Waals surface area contributed by atoms with E-state index >= 15 is 0 Å². The number of carbonyl (C=O) groups is 2. The van der Waals surface area contributed by atoms with Crippen molar-refractivity contribution in [3.8, 4) is 0 Å². The van der Waals surface area contributed by atoms with Crippen molar-refractivity contribution >= 4 is 33.4 Å². The fourth-order valence-corrected chi connectivity index (χ4v) is 7.04. The van der Waals surface area contributed by atoms with Crippen LogP contribution in [-0.4, -0.2) is 42.5 Å². The second kappa shape index (κ2) is 14.7. The molecule has 5 rings (SSSR count). The van der Waals surface area contributed by atoms with Gasteiger partial charge in [0.15, 0.2) is 0 Å². The van der Waals surface area contributed by atoms with Crippen LogP contribution in [0.2, 0.25) is 5.02 Å². The molecule has 1 N–H and O–H groups in total. The first kappa shape index (κ1) is 31.4. The lowest BCUT2D eigenvalue weighted by Crippen LogP contribution is -2.43. The standard InChI is InChI=1S/C35H36ClN3O4S/c36-31-18-13-28(14-19-31)25-37-35(41)34(30-11-5-2-6-12-30)39(26-29-9-3-1-4-10-29)33(40)22-17-27-15-20-32(21-16-27)44(42,43)38-23-7-8-24-38/h1-6,9-16,18-21,34H,7-8,17,22-26H2,(H,37,41). The third kappa shape index (κ3) is 7.94. The number of carbonyl (C=O) groups excluding carboxylic acids is 2. The van der Waals surface area contributed by atoms with Crippen LogP contribution < -0.4 is 5.32 Å². The normalized spacial score (nSPS) is 14.2. The molecule has 1 heterocycles. The minimum absolute atomic E-state index is 0.152. The van der Waals surface area contributed by atoms with Crippen molar-refractivity contribution in [2.45, 2.75) is 49.7 Å². The van der Waals surface area contributed by atoms with Crippen molar-refractivity contribution < 1.29 is 18.0 Å². The van der Waals surface area contributed by atoms with Crippen LogP contribution in [0.4, 0.5) is 0 Å². The molecule has 1 aliphatic rings. The molecule has 228 valence electrons. The first-order chi connectivity index (χ1) is 21.3. The molecule has 2 amide bonds. The number of rotatable bonds is 12. The topological polar surface area (TPSA) is 86.8 Å². The van der Waals surface area contributed by atoms with Crippen molar-refractivity contribution in [3.63, 3.8) is 0 Å². The van der Waals surface area contributed by atoms with Gasteiger partial charge >= 0.3 is 0 Å². The summed E-state index contributed by atoms with van der Waals surface area (Å²) in [7, 11) is -3.51. The van der Waals surface area contributed by atoms with Crippen LogP contribution in [0.25, 0.3) is 0 Å². The fraction of sp³-hybridized carbons (Fsp3) is 0.257. The maximum Gasteiger partial charge on any atom is 0.247 e. The predicted octanol–water partition coefficient (Wildman–Crippen LogP) is 6.14. The maximum absolute atomic E-state index is 14.0. The average molecular weight is 630 g/mol. The van der Waals surface area contributed by atoms with Gasteiger partial charge in [0.2, 0.25) is 21.8 Å². The molecule has 0 aromatic heterocycles. The van der Waals surface area contributed by atoms with Gasteiger partial charge in [0.25, 0.3) is 0 Å². The summed E-state index contributed by atoms with van der Waals surface area (Å²) in [6.07, 6.45) is 2.31. The summed E-state index contributed by atoms with van der Waals surface area (Å²) in [6.45, 7) is 1.64. The van der Waals surface area contributed by atoms with E-state index in [1.165, 1.54) is 4.31 Å². The van der Waals surface area contributed by atoms with Crippen molar-refractivity contribution in [1.82, 2.24) is 14.5 Å². The van der Waals surface area contributed by atoms with Crippen LogP contribution in [0.1, 0.15) is 47.6 Å². The summed E-state index contributed by atoms with van der Waals surface area (Å²) >= 11 is 6.03. The molecule has 0 radical (unpaired) electrons. The lowest BCUT2D eigenvalue weighted by atomic mass is 10.0. The summed E-state index contributed by atoms with van der Waals surface area (Å²) in [6, 6.07) is 32.1. The van der Waals surface area contributed by atoms with Gasteiger partial charge in [-0.05, 0) is 65.8 Å². The lowest BCUT2D eigenvalue weighted by Gasteiger charge is -2.32. The highest BCUT2D eigenvalue weighted by Gasteiger charge is 2.31. The van der Waals surface area contributed by atoms with Crippen LogP contribution >= 0.6 is 11.6 Å². The maximum atomic E-state index is 14.0. The largest absolute Gasteiger partial charge is 0.350 e. The van der Waals surface area contributed by atoms with Crippen LogP contribution in [0.3, 0.4) is 0 Å². The number of amides is 2. The van der Waals surface area contributed by atoms with E-state index in [2.05, 4.69) is 5.32 Å². The summed E-state index contributed by atoms with van der Waals surface area (Å²) in [5, 5.41) is 3.63. The predicted molar refractivity (Wildman–Crippen MR) is 172 cm³/mol. The highest BCUT2D eigenvalue weighted by molar-refractivity contribution is 7.89. The average Bonchev–Trinajstić information content (AvgIpc) is 3.61. The number of sulfonamides is 1. The van der Waals surface area contributed by atoms with Crippen LogP contribution in [0, 0.1) is 0 Å². The Morgan fingerprint density at radius 1 is 0.773 bits per heavy atom. The van der Waals surface area contributed by atoms with E-state index in [1.54, 1.807) is 41.3 Å². The van der Waals surface area contributed by atoms with Gasteiger partial charge < -0.3 is 10.2 Å². The Kier molecular flexibility index (Phi) is 10.5. The number of aryl methyl sites for hydroxylation is 1. The van der Waals surface area contributed by atoms with E-state index in [4.69, 9.17) is 11.6 Å². The summed E-state index contributed by atoms with van der Waals surface area (Å²) in [5.74, 6) is -0.468. The van der Waals surface area contributed by atoms with E-state index in [0.29, 0.717) is 36.6 Å². The zero-order valence-corrected chi connectivity index (χ0v) is 26.0. The van der Waals surface area contributed by atoms with E-state index in [9.17, 15) is 18.0 Å². The van der Waals surface area contributed by atoms with Gasteiger partial charge in [-0.2, -0.15) is 4.31 Å². The number of hydrogen-bond acceptors (Lipinski definition) is 4. The van der Waals surface area contributed by atoms with Gasteiger partial charge in [0.05, 0.1) is 4.90 Å². The zero-order chi connectivity index (χ0) is 30.9. The van der Waals surface area contributed by atoms with Crippen molar-refractivity contribution in [2.75, 3.05) is 13.1 Å². The molecular weight excluding hydrogens is 594 g/mol. The van der Waals surface area contributed by atoms with Crippen molar-refractivity contribution in [3.05, 3.63) is 136 Å². The Morgan fingerprint density at radius 3 is 2.00 bits per heavy atom. The molecule has 7 nitrogen and oxygen atoms in total. The lowest BCUT2D eigenvalue weighted by molar-refractivity contribution is -0.141. The summed E-state index contributed by atoms with van der Waals surface area (Å²) in [5.41, 5.74) is 3.36. The molecule has 0 saturated carbocycles. The molecule has 1 fully saturated rings. The Labute approximate surface area is 264 Å². The highest BCUT2D eigenvalue weighted by atomic mass is 35.5. The molecule has 9 heteroatoms. The molecule has 0 spiro atoms. The Balaban J connectivity index is 1.36. The first-order valence-electron chi connectivity index (χ1n) is 14.8. The molecule has 0 bridgehead atoms. The Morgan fingerprint density at radius 2 is 1.36 bits per heavy atom. The molecule has 0 aliphatic carbocycles. The summed E-state index contributed by atoms with van der Waals surface area (Å²) < 4.78 is 27.4. The minimum Gasteiger partial charge on any atom is -0.350 e. The van der Waals surface area contributed by atoms with E-state index in [1.807, 2.05) is 72.8 Å². The molecular formula is C35H36ClN3O4S. The number of nitrogens with zero attached hydrogens (tertiary/aromatic N) is 2. The SMILES string of the molecule is O=C(NCc1ccc(Cl)cc1)C(c1ccccc1)N(Cc1ccccc1)C(=O)CCc1ccc(S(=O)(=O)N2CCCC2)cc1. The van der Waals surface area contributed by atoms with Gasteiger partial charge in [-0.15, -0.1) is 0 Å². The molecule has 4 aromatic rings. The molecule has 1 atom stereocenters. The van der Waals surface area contributed by atoms with Crippen molar-refractivity contribution in [1.29, 1.82) is 0 Å². The van der Waals surface area contributed by atoms with Gasteiger partial charge in [-0.25, -0.2) is 8.42 Å². The van der Waals surface area contributed by atoms with Gasteiger partial charge in [-0.1, -0.05) is 96.5 Å². The second-order valence-corrected chi connectivity index (χ2v) is 13.3. The number of benzene rings is 4. The molecule has 1 saturated heterocycles. The zero-order valence-electron chi connectivity index (χ0n) is 24.4. The third-order valence-electron chi connectivity index (χ3n) is 7.83. The third-order valence-corrected chi connectivity index (χ3v) is 9.99. The van der Waals surface area contributed by atoms with E-state index < -0.39 is 16.1 Å². The van der Waals surface area contributed by atoms with Gasteiger partial charge in [-0.3, -0.25) is 9.59 Å². The molecule has 1 unspecified atom stereocenters. The molecule has 4 aromatic carbocycles. The van der Waals surface area contributed by atoms with Crippen molar-refractivity contribution in [2.24, 2.45) is 0 Å². The quantitative estimate of drug-likeness (QED) is 0.204. The minimum atomic E-state index is -3.51. The fourth-order valence-electron chi connectivity index (χ4n) is 5.40. The highest BCUT2D eigenvalue weighted by Crippen LogP contribution is 2.26. The Hall–Kier alpha value is -3.98. The molecule has 44 heavy (non-hydrogen) atoms.